The van der Waals surface area contributed by atoms with Gasteiger partial charge >= 0.3 is 0 Å². The second-order valence-corrected chi connectivity index (χ2v) is 2.67. The SMILES string of the molecule is Nc1cc(-c2cccc(F)n2)ncn1. The number of nitrogens with two attached hydrogens (primary N) is 1. The van der Waals surface area contributed by atoms with Crippen molar-refractivity contribution in [3.05, 3.63) is 36.5 Å². The lowest BCUT2D eigenvalue weighted by Crippen LogP contribution is -1.94. The quantitative estimate of drug-likeness (QED) is 0.687. The summed E-state index contributed by atoms with van der Waals surface area (Å²) >= 11 is 0. The number of aromatic nitrogens is 3. The highest BCUT2D eigenvalue weighted by atomic mass is 19.1. The van der Waals surface area contributed by atoms with Crippen LogP contribution in [-0.2, 0) is 0 Å². The van der Waals surface area contributed by atoms with E-state index in [2.05, 4.69) is 15.0 Å². The normalized spacial score (nSPS) is 10.1. The molecule has 0 bridgehead atoms. The van der Waals surface area contributed by atoms with Crippen molar-refractivity contribution in [1.29, 1.82) is 0 Å². The summed E-state index contributed by atoms with van der Waals surface area (Å²) in [5.74, 6) is -0.208. The van der Waals surface area contributed by atoms with Gasteiger partial charge in [0.2, 0.25) is 5.95 Å². The van der Waals surface area contributed by atoms with Gasteiger partial charge in [-0.15, -0.1) is 0 Å². The zero-order valence-electron chi connectivity index (χ0n) is 7.18. The number of hydrogen-bond donors (Lipinski definition) is 1. The molecule has 2 aromatic heterocycles. The molecule has 0 radical (unpaired) electrons. The average molecular weight is 190 g/mol. The first-order valence-electron chi connectivity index (χ1n) is 3.96. The van der Waals surface area contributed by atoms with Crippen LogP contribution in [0.1, 0.15) is 0 Å². The molecule has 0 aliphatic carbocycles. The second kappa shape index (κ2) is 3.37. The van der Waals surface area contributed by atoms with Gasteiger partial charge in [0, 0.05) is 6.07 Å². The van der Waals surface area contributed by atoms with Crippen molar-refractivity contribution in [3.8, 4) is 11.4 Å². The predicted octanol–water partition coefficient (Wildman–Crippen LogP) is 1.26. The molecule has 5 heteroatoms. The van der Waals surface area contributed by atoms with Crippen molar-refractivity contribution in [3.63, 3.8) is 0 Å². The highest BCUT2D eigenvalue weighted by Crippen LogP contribution is 2.14. The highest BCUT2D eigenvalue weighted by Gasteiger charge is 2.02. The van der Waals surface area contributed by atoms with Gasteiger partial charge in [0.25, 0.3) is 0 Å². The van der Waals surface area contributed by atoms with Crippen LogP contribution in [0.15, 0.2) is 30.6 Å². The van der Waals surface area contributed by atoms with Gasteiger partial charge in [-0.2, -0.15) is 4.39 Å². The third-order valence-corrected chi connectivity index (χ3v) is 1.67. The molecule has 2 aromatic rings. The van der Waals surface area contributed by atoms with E-state index in [-0.39, 0.29) is 0 Å². The molecule has 0 saturated carbocycles. The van der Waals surface area contributed by atoms with Crippen LogP contribution in [0, 0.1) is 5.95 Å². The zero-order valence-corrected chi connectivity index (χ0v) is 7.18. The summed E-state index contributed by atoms with van der Waals surface area (Å²) in [6.45, 7) is 0. The Hall–Kier alpha value is -2.04. The van der Waals surface area contributed by atoms with Crippen LogP contribution < -0.4 is 5.73 Å². The lowest BCUT2D eigenvalue weighted by atomic mass is 10.2. The lowest BCUT2D eigenvalue weighted by molar-refractivity contribution is 0.585. The molecule has 14 heavy (non-hydrogen) atoms. The largest absolute Gasteiger partial charge is 0.384 e. The van der Waals surface area contributed by atoms with Crippen LogP contribution >= 0.6 is 0 Å². The maximum Gasteiger partial charge on any atom is 0.213 e. The second-order valence-electron chi connectivity index (χ2n) is 2.67. The Bertz CT molecular complexity index is 415. The van der Waals surface area contributed by atoms with E-state index in [4.69, 9.17) is 5.73 Å². The Balaban J connectivity index is 2.49. The van der Waals surface area contributed by atoms with Crippen LogP contribution in [0.5, 0.6) is 0 Å². The number of hydrogen-bond acceptors (Lipinski definition) is 4. The zero-order chi connectivity index (χ0) is 9.97. The van der Waals surface area contributed by atoms with E-state index in [1.165, 1.54) is 12.4 Å². The maximum absolute atomic E-state index is 12.8. The van der Waals surface area contributed by atoms with Gasteiger partial charge in [0.05, 0.1) is 11.4 Å². The Morgan fingerprint density at radius 3 is 2.71 bits per heavy atom. The molecule has 0 fully saturated rings. The average Bonchev–Trinajstić information content (AvgIpc) is 2.18. The molecule has 0 aromatic carbocycles. The van der Waals surface area contributed by atoms with Crippen molar-refractivity contribution < 1.29 is 4.39 Å². The summed E-state index contributed by atoms with van der Waals surface area (Å²) < 4.78 is 12.8. The fourth-order valence-corrected chi connectivity index (χ4v) is 1.06. The number of nitrogens with zero attached hydrogens (tertiary/aromatic N) is 3. The minimum absolute atomic E-state index is 0.334. The van der Waals surface area contributed by atoms with Gasteiger partial charge in [0.15, 0.2) is 0 Å². The van der Waals surface area contributed by atoms with Gasteiger partial charge in [-0.05, 0) is 12.1 Å². The number of halogens is 1. The first kappa shape index (κ1) is 8.55. The Morgan fingerprint density at radius 2 is 2.00 bits per heavy atom. The molecule has 70 valence electrons. The van der Waals surface area contributed by atoms with Crippen molar-refractivity contribution in [2.75, 3.05) is 5.73 Å². The molecule has 2 rings (SSSR count). The maximum atomic E-state index is 12.8. The molecule has 0 spiro atoms. The molecule has 0 amide bonds. The summed E-state index contributed by atoms with van der Waals surface area (Å²) in [6, 6.07) is 6.04. The van der Waals surface area contributed by atoms with E-state index >= 15 is 0 Å². The predicted molar refractivity (Wildman–Crippen MR) is 49.6 cm³/mol. The standard InChI is InChI=1S/C9H7FN4/c10-8-3-1-2-6(14-8)7-4-9(11)13-5-12-7/h1-5H,(H2,11,12,13). The molecule has 0 unspecified atom stereocenters. The van der Waals surface area contributed by atoms with Gasteiger partial charge in [-0.1, -0.05) is 6.07 Å². The Kier molecular flexibility index (Phi) is 2.06. The van der Waals surface area contributed by atoms with E-state index < -0.39 is 5.95 Å². The number of pyridine rings is 1. The van der Waals surface area contributed by atoms with Crippen LogP contribution in [0.2, 0.25) is 0 Å². The molecule has 0 atom stereocenters. The fraction of sp³-hybridized carbons (Fsp3) is 0. The van der Waals surface area contributed by atoms with Gasteiger partial charge in [0.1, 0.15) is 12.1 Å². The van der Waals surface area contributed by atoms with Crippen molar-refractivity contribution in [2.45, 2.75) is 0 Å². The van der Waals surface area contributed by atoms with Gasteiger partial charge in [-0.3, -0.25) is 0 Å². The van der Waals surface area contributed by atoms with Crippen LogP contribution in [-0.4, -0.2) is 15.0 Å². The van der Waals surface area contributed by atoms with Gasteiger partial charge < -0.3 is 5.73 Å². The topological polar surface area (TPSA) is 64.7 Å². The van der Waals surface area contributed by atoms with E-state index in [0.717, 1.165) is 0 Å². The number of anilines is 1. The van der Waals surface area contributed by atoms with Crippen molar-refractivity contribution in [1.82, 2.24) is 15.0 Å². The third-order valence-electron chi connectivity index (χ3n) is 1.67. The summed E-state index contributed by atoms with van der Waals surface area (Å²) in [7, 11) is 0. The van der Waals surface area contributed by atoms with Crippen LogP contribution in [0.4, 0.5) is 10.2 Å². The molecular weight excluding hydrogens is 183 g/mol. The first-order chi connectivity index (χ1) is 6.75. The van der Waals surface area contributed by atoms with Crippen molar-refractivity contribution in [2.24, 2.45) is 0 Å². The first-order valence-corrected chi connectivity index (χ1v) is 3.96. The monoisotopic (exact) mass is 190 g/mol. The smallest absolute Gasteiger partial charge is 0.213 e. The van der Waals surface area contributed by atoms with Crippen LogP contribution in [0.3, 0.4) is 0 Å². The lowest BCUT2D eigenvalue weighted by Gasteiger charge is -1.99. The van der Waals surface area contributed by atoms with E-state index in [9.17, 15) is 4.39 Å². The summed E-state index contributed by atoms with van der Waals surface area (Å²) in [4.78, 5) is 11.3. The highest BCUT2D eigenvalue weighted by molar-refractivity contribution is 5.56. The molecule has 2 heterocycles. The molecule has 0 aliphatic heterocycles. The summed E-state index contributed by atoms with van der Waals surface area (Å²) in [5, 5.41) is 0. The molecule has 2 N–H and O–H groups in total. The number of nitrogen functional groups attached to an aromatic ring is 1. The van der Waals surface area contributed by atoms with E-state index in [0.29, 0.717) is 17.2 Å². The molecule has 4 nitrogen and oxygen atoms in total. The molecule has 0 aliphatic rings. The Labute approximate surface area is 79.7 Å². The minimum Gasteiger partial charge on any atom is -0.384 e. The fourth-order valence-electron chi connectivity index (χ4n) is 1.06. The Morgan fingerprint density at radius 1 is 1.14 bits per heavy atom. The van der Waals surface area contributed by atoms with Gasteiger partial charge in [-0.25, -0.2) is 15.0 Å². The summed E-state index contributed by atoms with van der Waals surface area (Å²) in [5.41, 5.74) is 6.42. The molecular formula is C9H7FN4. The summed E-state index contributed by atoms with van der Waals surface area (Å²) in [6.07, 6.45) is 1.32. The van der Waals surface area contributed by atoms with E-state index in [1.807, 2.05) is 0 Å². The van der Waals surface area contributed by atoms with E-state index in [1.54, 1.807) is 18.2 Å². The minimum atomic E-state index is -0.542. The number of rotatable bonds is 1. The molecule has 0 saturated heterocycles. The third kappa shape index (κ3) is 1.66. The van der Waals surface area contributed by atoms with Crippen molar-refractivity contribution >= 4 is 5.82 Å². The van der Waals surface area contributed by atoms with Crippen LogP contribution in [0.25, 0.3) is 11.4 Å².